The van der Waals surface area contributed by atoms with Gasteiger partial charge in [0.15, 0.2) is 0 Å². The van der Waals surface area contributed by atoms with E-state index >= 15 is 0 Å². The second-order valence-electron chi connectivity index (χ2n) is 4.47. The van der Waals surface area contributed by atoms with Crippen LogP contribution in [0.15, 0.2) is 30.6 Å². The first-order valence-electron chi connectivity index (χ1n) is 6.15. The second-order valence-corrected chi connectivity index (χ2v) is 4.47. The lowest BCUT2D eigenvalue weighted by atomic mass is 10.3. The molecule has 2 rings (SSSR count). The number of imidazole rings is 1. The van der Waals surface area contributed by atoms with E-state index in [2.05, 4.69) is 4.98 Å². The van der Waals surface area contributed by atoms with Crippen molar-refractivity contribution in [3.63, 3.8) is 0 Å². The van der Waals surface area contributed by atoms with Crippen LogP contribution in [0.5, 0.6) is 0 Å². The number of primary amides is 1. The molecule has 0 atom stereocenters. The van der Waals surface area contributed by atoms with Gasteiger partial charge in [-0.05, 0) is 12.1 Å². The van der Waals surface area contributed by atoms with Crippen LogP contribution in [0.25, 0.3) is 11.0 Å². The number of carbonyl (C=O) groups is 3. The van der Waals surface area contributed by atoms with Gasteiger partial charge >= 0.3 is 5.97 Å². The maximum atomic E-state index is 12.1. The zero-order valence-electron chi connectivity index (χ0n) is 11.1. The number of benzene rings is 1. The summed E-state index contributed by atoms with van der Waals surface area (Å²) < 4.78 is 1.59. The van der Waals surface area contributed by atoms with Crippen LogP contribution < -0.4 is 5.73 Å². The molecule has 0 unspecified atom stereocenters. The molecular weight excluding hydrogens is 276 g/mol. The summed E-state index contributed by atoms with van der Waals surface area (Å²) in [5, 5.41) is 8.78. The number of nitrogens with two attached hydrogens (primary N) is 1. The highest BCUT2D eigenvalue weighted by Gasteiger charge is 2.19. The van der Waals surface area contributed by atoms with E-state index in [1.807, 2.05) is 12.1 Å². The van der Waals surface area contributed by atoms with Crippen LogP contribution in [0.2, 0.25) is 0 Å². The van der Waals surface area contributed by atoms with E-state index < -0.39 is 30.9 Å². The lowest BCUT2D eigenvalue weighted by molar-refractivity contribution is -0.145. The van der Waals surface area contributed by atoms with E-state index in [-0.39, 0.29) is 6.54 Å². The monoisotopic (exact) mass is 290 g/mol. The summed E-state index contributed by atoms with van der Waals surface area (Å²) in [6.07, 6.45) is 1.49. The van der Waals surface area contributed by atoms with E-state index in [1.54, 1.807) is 16.7 Å². The van der Waals surface area contributed by atoms with E-state index in [0.717, 1.165) is 15.9 Å². The first kappa shape index (κ1) is 14.5. The van der Waals surface area contributed by atoms with E-state index in [9.17, 15) is 14.4 Å². The average Bonchev–Trinajstić information content (AvgIpc) is 2.80. The van der Waals surface area contributed by atoms with Crippen LogP contribution in [0.3, 0.4) is 0 Å². The molecule has 0 fully saturated rings. The summed E-state index contributed by atoms with van der Waals surface area (Å²) in [4.78, 5) is 38.8. The van der Waals surface area contributed by atoms with Crippen LogP contribution in [0.4, 0.5) is 0 Å². The highest BCUT2D eigenvalue weighted by Crippen LogP contribution is 2.11. The summed E-state index contributed by atoms with van der Waals surface area (Å²) in [5.41, 5.74) is 6.50. The molecule has 0 bridgehead atoms. The summed E-state index contributed by atoms with van der Waals surface area (Å²) in [6, 6.07) is 7.23. The molecular formula is C13H14N4O4. The molecule has 110 valence electrons. The maximum absolute atomic E-state index is 12.1. The van der Waals surface area contributed by atoms with Gasteiger partial charge in [-0.25, -0.2) is 4.98 Å². The van der Waals surface area contributed by atoms with Crippen LogP contribution in [0.1, 0.15) is 0 Å². The van der Waals surface area contributed by atoms with Gasteiger partial charge in [0.05, 0.1) is 23.9 Å². The van der Waals surface area contributed by atoms with Gasteiger partial charge in [0.2, 0.25) is 11.8 Å². The summed E-state index contributed by atoms with van der Waals surface area (Å²) in [6.45, 7) is -1.12. The molecule has 0 saturated carbocycles. The number of fused-ring (bicyclic) bond motifs is 1. The van der Waals surface area contributed by atoms with Crippen molar-refractivity contribution in [3.8, 4) is 0 Å². The van der Waals surface area contributed by atoms with E-state index in [4.69, 9.17) is 10.8 Å². The number of amides is 2. The largest absolute Gasteiger partial charge is 0.480 e. The number of rotatable bonds is 6. The number of hydrogen-bond acceptors (Lipinski definition) is 4. The average molecular weight is 290 g/mol. The van der Waals surface area contributed by atoms with Crippen molar-refractivity contribution in [3.05, 3.63) is 30.6 Å². The molecule has 1 aromatic heterocycles. The van der Waals surface area contributed by atoms with Crippen LogP contribution in [0, 0.1) is 0 Å². The third-order valence-corrected chi connectivity index (χ3v) is 2.86. The summed E-state index contributed by atoms with van der Waals surface area (Å²) in [5.74, 6) is -2.49. The van der Waals surface area contributed by atoms with Crippen LogP contribution >= 0.6 is 0 Å². The van der Waals surface area contributed by atoms with Crippen LogP contribution in [-0.2, 0) is 20.9 Å². The molecule has 0 aliphatic heterocycles. The van der Waals surface area contributed by atoms with Gasteiger partial charge in [-0.3, -0.25) is 14.4 Å². The molecule has 0 saturated heterocycles. The molecule has 0 aliphatic carbocycles. The minimum atomic E-state index is -1.21. The van der Waals surface area contributed by atoms with Crippen molar-refractivity contribution in [2.75, 3.05) is 13.1 Å². The topological polar surface area (TPSA) is 119 Å². The Morgan fingerprint density at radius 1 is 1.24 bits per heavy atom. The van der Waals surface area contributed by atoms with Gasteiger partial charge in [-0.1, -0.05) is 12.1 Å². The molecule has 8 heteroatoms. The predicted octanol–water partition coefficient (Wildman–Crippen LogP) is -0.565. The van der Waals surface area contributed by atoms with Gasteiger partial charge < -0.3 is 20.3 Å². The molecule has 8 nitrogen and oxygen atoms in total. The van der Waals surface area contributed by atoms with Crippen molar-refractivity contribution in [1.29, 1.82) is 0 Å². The Hall–Kier alpha value is -2.90. The smallest absolute Gasteiger partial charge is 0.323 e. The van der Waals surface area contributed by atoms with Gasteiger partial charge in [0, 0.05) is 0 Å². The number of aromatic nitrogens is 2. The number of aliphatic carboxylic acids is 1. The van der Waals surface area contributed by atoms with Crippen molar-refractivity contribution in [1.82, 2.24) is 14.5 Å². The lowest BCUT2D eigenvalue weighted by Crippen LogP contribution is -2.42. The Kier molecular flexibility index (Phi) is 4.17. The normalized spacial score (nSPS) is 10.5. The molecule has 1 aromatic carbocycles. The Bertz CT molecular complexity index is 678. The fourth-order valence-electron chi connectivity index (χ4n) is 1.97. The minimum absolute atomic E-state index is 0.110. The van der Waals surface area contributed by atoms with Crippen molar-refractivity contribution < 1.29 is 19.5 Å². The first-order valence-corrected chi connectivity index (χ1v) is 6.15. The molecule has 21 heavy (non-hydrogen) atoms. The standard InChI is InChI=1S/C13H14N4O4/c14-11(18)5-16(7-13(20)21)12(19)6-17-8-15-9-3-1-2-4-10(9)17/h1-4,8H,5-7H2,(H2,14,18)(H,20,21). The van der Waals surface area contributed by atoms with Crippen molar-refractivity contribution >= 4 is 28.8 Å². The highest BCUT2D eigenvalue weighted by atomic mass is 16.4. The molecule has 0 radical (unpaired) electrons. The number of para-hydroxylation sites is 2. The minimum Gasteiger partial charge on any atom is -0.480 e. The summed E-state index contributed by atoms with van der Waals surface area (Å²) >= 11 is 0. The zero-order chi connectivity index (χ0) is 15.4. The van der Waals surface area contributed by atoms with Crippen molar-refractivity contribution in [2.24, 2.45) is 5.73 Å². The molecule has 2 aromatic rings. The highest BCUT2D eigenvalue weighted by molar-refractivity contribution is 5.87. The number of nitrogens with zero attached hydrogens (tertiary/aromatic N) is 3. The Morgan fingerprint density at radius 2 is 1.95 bits per heavy atom. The Morgan fingerprint density at radius 3 is 2.62 bits per heavy atom. The fraction of sp³-hybridized carbons (Fsp3) is 0.231. The number of carbonyl (C=O) groups excluding carboxylic acids is 2. The quantitative estimate of drug-likeness (QED) is 0.739. The van der Waals surface area contributed by atoms with Gasteiger partial charge in [0.1, 0.15) is 13.1 Å². The fourth-order valence-corrected chi connectivity index (χ4v) is 1.97. The van der Waals surface area contributed by atoms with Gasteiger partial charge in [-0.15, -0.1) is 0 Å². The third kappa shape index (κ3) is 3.56. The summed E-state index contributed by atoms with van der Waals surface area (Å²) in [7, 11) is 0. The Balaban J connectivity index is 2.17. The number of hydrogen-bond donors (Lipinski definition) is 2. The molecule has 0 spiro atoms. The molecule has 3 N–H and O–H groups in total. The number of carboxylic acid groups (broad SMARTS) is 1. The first-order chi connectivity index (χ1) is 9.97. The van der Waals surface area contributed by atoms with E-state index in [1.165, 1.54) is 6.33 Å². The van der Waals surface area contributed by atoms with Gasteiger partial charge in [0.25, 0.3) is 0 Å². The molecule has 2 amide bonds. The second kappa shape index (κ2) is 6.04. The molecule has 0 aliphatic rings. The molecule has 1 heterocycles. The third-order valence-electron chi connectivity index (χ3n) is 2.86. The zero-order valence-corrected chi connectivity index (χ0v) is 11.1. The van der Waals surface area contributed by atoms with Crippen LogP contribution in [-0.4, -0.2) is 50.4 Å². The lowest BCUT2D eigenvalue weighted by Gasteiger charge is -2.19. The maximum Gasteiger partial charge on any atom is 0.323 e. The van der Waals surface area contributed by atoms with Gasteiger partial charge in [-0.2, -0.15) is 0 Å². The predicted molar refractivity (Wildman–Crippen MR) is 73.1 cm³/mol. The van der Waals surface area contributed by atoms with E-state index in [0.29, 0.717) is 0 Å². The SMILES string of the molecule is NC(=O)CN(CC(=O)O)C(=O)Cn1cnc2ccccc21. The van der Waals surface area contributed by atoms with Crippen molar-refractivity contribution in [2.45, 2.75) is 6.54 Å². The Labute approximate surface area is 119 Å². The number of carboxylic acids is 1.